The zero-order valence-corrected chi connectivity index (χ0v) is 38.4. The van der Waals surface area contributed by atoms with Crippen LogP contribution in [-0.2, 0) is 27.9 Å². The van der Waals surface area contributed by atoms with E-state index in [1.54, 1.807) is 4.68 Å². The Kier molecular flexibility index (Phi) is 14.0. The molecule has 0 bridgehead atoms. The second-order valence-electron chi connectivity index (χ2n) is 18.1. The minimum atomic E-state index is -0.477. The van der Waals surface area contributed by atoms with E-state index in [-0.39, 0.29) is 30.9 Å². The number of carbonyl (C=O) groups is 3. The summed E-state index contributed by atoms with van der Waals surface area (Å²) < 4.78 is 3.79. The molecule has 0 saturated carbocycles. The van der Waals surface area contributed by atoms with E-state index in [0.29, 0.717) is 25.1 Å². The molecule has 15 heteroatoms. The van der Waals surface area contributed by atoms with Crippen LogP contribution in [0.1, 0.15) is 67.8 Å². The SMILES string of the molecule is Cc1nn2c(N3CCN(CCO)CC3)cc(-c3cccc(CCCCCCCN4CCN(C(=O)CNc5cccc6c(C7CCC(=O)NC7=O)nn(C)c56)CC4)c3)nc2c1-c1ccccc1. The van der Waals surface area contributed by atoms with Crippen LogP contribution in [0.3, 0.4) is 0 Å². The van der Waals surface area contributed by atoms with Crippen LogP contribution in [0.5, 0.6) is 0 Å². The summed E-state index contributed by atoms with van der Waals surface area (Å²) in [6.45, 7) is 10.9. The number of anilines is 2. The Balaban J connectivity index is 0.730. The van der Waals surface area contributed by atoms with Crippen LogP contribution in [0.4, 0.5) is 11.5 Å². The predicted octanol–water partition coefficient (Wildman–Crippen LogP) is 5.64. The highest BCUT2D eigenvalue weighted by molar-refractivity contribution is 6.03. The van der Waals surface area contributed by atoms with Crippen molar-refractivity contribution >= 4 is 45.8 Å². The molecule has 0 radical (unpaired) electrons. The molecule has 15 nitrogen and oxygen atoms in total. The number of unbranched alkanes of at least 4 members (excludes halogenated alkanes) is 4. The maximum Gasteiger partial charge on any atom is 0.241 e. The number of hydrogen-bond acceptors (Lipinski definition) is 11. The fourth-order valence-corrected chi connectivity index (χ4v) is 10.1. The number of nitrogens with one attached hydrogen (secondary N) is 2. The summed E-state index contributed by atoms with van der Waals surface area (Å²) in [6, 6.07) is 27.3. The molecule has 1 unspecified atom stereocenters. The molecule has 9 rings (SSSR count). The molecule has 3 amide bonds. The lowest BCUT2D eigenvalue weighted by atomic mass is 9.92. The van der Waals surface area contributed by atoms with Gasteiger partial charge < -0.3 is 20.2 Å². The van der Waals surface area contributed by atoms with Gasteiger partial charge in [-0.15, -0.1) is 0 Å². The fraction of sp³-hybridized carbons (Fsp3) is 0.451. The lowest BCUT2D eigenvalue weighted by Gasteiger charge is -2.35. The van der Waals surface area contributed by atoms with Gasteiger partial charge in [0.05, 0.1) is 47.4 Å². The largest absolute Gasteiger partial charge is 0.395 e. The van der Waals surface area contributed by atoms with Crippen molar-refractivity contribution in [1.82, 2.24) is 44.4 Å². The van der Waals surface area contributed by atoms with Gasteiger partial charge in [0.25, 0.3) is 0 Å². The van der Waals surface area contributed by atoms with Crippen molar-refractivity contribution in [2.75, 3.05) is 88.8 Å². The number of para-hydroxylation sites is 1. The molecule has 3 aromatic carbocycles. The molecule has 3 saturated heterocycles. The number of piperidine rings is 1. The van der Waals surface area contributed by atoms with Gasteiger partial charge in [-0.05, 0) is 62.4 Å². The minimum Gasteiger partial charge on any atom is -0.395 e. The van der Waals surface area contributed by atoms with E-state index in [9.17, 15) is 19.5 Å². The highest BCUT2D eigenvalue weighted by atomic mass is 16.3. The topological polar surface area (TPSA) is 156 Å². The van der Waals surface area contributed by atoms with Crippen molar-refractivity contribution in [3.05, 3.63) is 95.8 Å². The number of nitrogens with zero attached hydrogens (tertiary/aromatic N) is 9. The molecular formula is C51H63N11O4. The average molecular weight is 894 g/mol. The quantitative estimate of drug-likeness (QED) is 0.0770. The molecule has 3 aliphatic heterocycles. The van der Waals surface area contributed by atoms with Gasteiger partial charge in [-0.3, -0.25) is 34.2 Å². The number of imide groups is 1. The number of aromatic nitrogens is 5. The van der Waals surface area contributed by atoms with Gasteiger partial charge >= 0.3 is 0 Å². The van der Waals surface area contributed by atoms with E-state index in [2.05, 4.69) is 92.0 Å². The Morgan fingerprint density at radius 2 is 1.53 bits per heavy atom. The van der Waals surface area contributed by atoms with Crippen LogP contribution in [0.2, 0.25) is 0 Å². The van der Waals surface area contributed by atoms with Crippen LogP contribution in [0.15, 0.2) is 78.9 Å². The third kappa shape index (κ3) is 9.98. The second kappa shape index (κ2) is 20.6. The van der Waals surface area contributed by atoms with E-state index in [1.807, 2.05) is 40.7 Å². The fourth-order valence-electron chi connectivity index (χ4n) is 10.1. The van der Waals surface area contributed by atoms with Gasteiger partial charge in [0, 0.05) is 95.0 Å². The Hall–Kier alpha value is -6.16. The molecule has 346 valence electrons. The van der Waals surface area contributed by atoms with Crippen molar-refractivity contribution in [3.63, 3.8) is 0 Å². The van der Waals surface area contributed by atoms with Crippen LogP contribution >= 0.6 is 0 Å². The van der Waals surface area contributed by atoms with Gasteiger partial charge in [-0.25, -0.2) is 4.98 Å². The summed E-state index contributed by atoms with van der Waals surface area (Å²) in [5, 5.41) is 25.9. The molecule has 6 heterocycles. The summed E-state index contributed by atoms with van der Waals surface area (Å²) in [4.78, 5) is 52.1. The number of amides is 3. The van der Waals surface area contributed by atoms with E-state index in [0.717, 1.165) is 134 Å². The monoisotopic (exact) mass is 894 g/mol. The van der Waals surface area contributed by atoms with Crippen molar-refractivity contribution in [2.45, 2.75) is 64.2 Å². The third-order valence-corrected chi connectivity index (χ3v) is 13.7. The molecule has 3 fully saturated rings. The van der Waals surface area contributed by atoms with E-state index in [4.69, 9.17) is 10.1 Å². The number of benzene rings is 3. The number of aryl methyl sites for hydroxylation is 3. The predicted molar refractivity (Wildman–Crippen MR) is 258 cm³/mol. The molecule has 66 heavy (non-hydrogen) atoms. The zero-order chi connectivity index (χ0) is 45.6. The lowest BCUT2D eigenvalue weighted by molar-refractivity contribution is -0.134. The normalized spacial score (nSPS) is 17.5. The number of fused-ring (bicyclic) bond motifs is 2. The molecule has 3 aliphatic rings. The van der Waals surface area contributed by atoms with E-state index >= 15 is 0 Å². The standard InChI is InChI=1S/C51H63N11O4/c1-36-47(38-15-8-6-9-16-38)50-53-43(34-45(62(50)55-36)60-27-23-59(24-28-60)31-32-63)39-17-11-14-37(33-39)13-7-4-3-5-10-22-58-25-29-61(30-26-58)46(65)35-52-42-19-12-18-40-48(56-57(2)49(40)42)41-20-21-44(64)54-51(41)66/h6,8-9,11-12,14-19,33-34,41,52,63H,3-5,7,10,13,20-32,35H2,1-2H3,(H,54,64,66). The summed E-state index contributed by atoms with van der Waals surface area (Å²) in [6.07, 6.45) is 7.66. The minimum absolute atomic E-state index is 0.0712. The zero-order valence-electron chi connectivity index (χ0n) is 38.4. The molecule has 3 N–H and O–H groups in total. The summed E-state index contributed by atoms with van der Waals surface area (Å²) in [7, 11) is 1.84. The Morgan fingerprint density at radius 3 is 2.32 bits per heavy atom. The number of aliphatic hydroxyl groups excluding tert-OH is 1. The molecule has 6 aromatic rings. The number of rotatable bonds is 17. The summed E-state index contributed by atoms with van der Waals surface area (Å²) >= 11 is 0. The first-order chi connectivity index (χ1) is 32.2. The Labute approximate surface area is 386 Å². The maximum absolute atomic E-state index is 13.3. The molecule has 0 spiro atoms. The van der Waals surface area contributed by atoms with Gasteiger partial charge in [-0.1, -0.05) is 79.9 Å². The Bertz CT molecular complexity index is 2660. The number of hydrogen-bond donors (Lipinski definition) is 3. The number of piperazine rings is 2. The highest BCUT2D eigenvalue weighted by Gasteiger charge is 2.32. The maximum atomic E-state index is 13.3. The number of carbonyl (C=O) groups excluding carboxylic acids is 3. The highest BCUT2D eigenvalue weighted by Crippen LogP contribution is 2.35. The van der Waals surface area contributed by atoms with Crippen LogP contribution < -0.4 is 15.5 Å². The first-order valence-corrected chi connectivity index (χ1v) is 23.9. The summed E-state index contributed by atoms with van der Waals surface area (Å²) in [5.74, 6) is 0.0938. The molecule has 0 aliphatic carbocycles. The first kappa shape index (κ1) is 45.0. The van der Waals surface area contributed by atoms with Crippen molar-refractivity contribution in [1.29, 1.82) is 0 Å². The van der Waals surface area contributed by atoms with Crippen molar-refractivity contribution in [3.8, 4) is 22.4 Å². The second-order valence-corrected chi connectivity index (χ2v) is 18.1. The molecule has 1 atom stereocenters. The van der Waals surface area contributed by atoms with Crippen molar-refractivity contribution in [2.24, 2.45) is 7.05 Å². The lowest BCUT2D eigenvalue weighted by Crippen LogP contribution is -2.50. The van der Waals surface area contributed by atoms with Crippen LogP contribution in [-0.4, -0.2) is 141 Å². The van der Waals surface area contributed by atoms with Gasteiger partial charge in [0.2, 0.25) is 17.7 Å². The average Bonchev–Trinajstić information content (AvgIpc) is 3.86. The third-order valence-electron chi connectivity index (χ3n) is 13.7. The van der Waals surface area contributed by atoms with E-state index < -0.39 is 5.92 Å². The Morgan fingerprint density at radius 1 is 0.803 bits per heavy atom. The van der Waals surface area contributed by atoms with Crippen molar-refractivity contribution < 1.29 is 19.5 Å². The van der Waals surface area contributed by atoms with Gasteiger partial charge in [0.15, 0.2) is 5.65 Å². The summed E-state index contributed by atoms with van der Waals surface area (Å²) in [5.41, 5.74) is 9.72. The molecular weight excluding hydrogens is 831 g/mol. The van der Waals surface area contributed by atoms with Crippen LogP contribution in [0.25, 0.3) is 38.9 Å². The molecule has 3 aromatic heterocycles. The smallest absolute Gasteiger partial charge is 0.241 e. The van der Waals surface area contributed by atoms with Gasteiger partial charge in [0.1, 0.15) is 5.82 Å². The number of aliphatic hydroxyl groups is 1. The first-order valence-electron chi connectivity index (χ1n) is 23.9. The van der Waals surface area contributed by atoms with Crippen LogP contribution in [0, 0.1) is 6.92 Å². The van der Waals surface area contributed by atoms with Gasteiger partial charge in [-0.2, -0.15) is 14.7 Å². The number of β-amino-alcohol motifs (C(OH)–C–C–N with tert-alkyl or cyclic N) is 1. The van der Waals surface area contributed by atoms with E-state index in [1.165, 1.54) is 24.8 Å².